The molecule has 7 aromatic carbocycles. The van der Waals surface area contributed by atoms with Gasteiger partial charge < -0.3 is 4.42 Å². The van der Waals surface area contributed by atoms with E-state index in [0.717, 1.165) is 38.8 Å². The van der Waals surface area contributed by atoms with Crippen molar-refractivity contribution in [3.63, 3.8) is 0 Å². The molecule has 0 saturated heterocycles. The quantitative estimate of drug-likeness (QED) is 0.182. The molecule has 2 aromatic heterocycles. The topological polar surface area (TPSA) is 51.8 Å². The highest BCUT2D eigenvalue weighted by molar-refractivity contribution is 6.10. The van der Waals surface area contributed by atoms with Crippen LogP contribution in [0.1, 0.15) is 13.7 Å². The van der Waals surface area contributed by atoms with Crippen molar-refractivity contribution < 1.29 is 18.1 Å². The van der Waals surface area contributed by atoms with Crippen molar-refractivity contribution in [1.29, 1.82) is 0 Å². The van der Waals surface area contributed by atoms with Crippen molar-refractivity contribution >= 4 is 21.9 Å². The molecule has 0 saturated carbocycles. The number of fused-ring (bicyclic) bond motifs is 3. The summed E-state index contributed by atoms with van der Waals surface area (Å²) in [6, 6.07) is 32.2. The number of aromatic nitrogens is 3. The molecule has 0 aliphatic carbocycles. The maximum atomic E-state index is 8.64. The summed E-state index contributed by atoms with van der Waals surface area (Å²) in [7, 11) is 0. The minimum atomic E-state index is -0.616. The van der Waals surface area contributed by atoms with Gasteiger partial charge in [0, 0.05) is 21.9 Å². The number of hydrogen-bond donors (Lipinski definition) is 0. The average Bonchev–Trinajstić information content (AvgIpc) is 3.65. The van der Waals surface area contributed by atoms with Gasteiger partial charge in [0.15, 0.2) is 17.5 Å². The normalized spacial score (nSPS) is 14.1. The molecular formula is C45H29N3O. The zero-order chi connectivity index (χ0) is 41.3. The van der Waals surface area contributed by atoms with E-state index in [0.29, 0.717) is 22.1 Å². The van der Waals surface area contributed by atoms with Crippen LogP contribution >= 0.6 is 0 Å². The molecule has 230 valence electrons. The number of furan rings is 1. The highest BCUT2D eigenvalue weighted by Gasteiger charge is 2.18. The number of para-hydroxylation sites is 1. The van der Waals surface area contributed by atoms with Crippen LogP contribution in [0.4, 0.5) is 0 Å². The Morgan fingerprint density at radius 1 is 0.388 bits per heavy atom. The summed E-state index contributed by atoms with van der Waals surface area (Å²) in [5, 5.41) is 1.51. The van der Waals surface area contributed by atoms with Crippen LogP contribution in [-0.2, 0) is 0 Å². The SMILES string of the molecule is [2H]c1c([2H])c([2H])c(-c2nc(-c3c([2H])c([2H])c([2H])c([2H])c3[2H])nc(-c3cccc4c3oc3cc(-c5ccc(-c6ccc(-c7ccccc7)cc6)cc5)ccc34)n2)c([2H])c1[2H]. The van der Waals surface area contributed by atoms with Gasteiger partial charge in [-0.1, -0.05) is 157 Å². The summed E-state index contributed by atoms with van der Waals surface area (Å²) < 4.78 is 90.4. The van der Waals surface area contributed by atoms with Gasteiger partial charge in [0.1, 0.15) is 11.2 Å². The van der Waals surface area contributed by atoms with E-state index in [1.165, 1.54) is 0 Å². The van der Waals surface area contributed by atoms with E-state index in [1.807, 2.05) is 42.5 Å². The van der Waals surface area contributed by atoms with Crippen LogP contribution in [0.2, 0.25) is 0 Å². The second-order valence-electron chi connectivity index (χ2n) is 11.3. The Bertz CT molecular complexity index is 3010. The predicted octanol–water partition coefficient (Wildman–Crippen LogP) is 11.8. The largest absolute Gasteiger partial charge is 0.455 e. The fraction of sp³-hybridized carbons (Fsp3) is 0. The minimum Gasteiger partial charge on any atom is -0.455 e. The lowest BCUT2D eigenvalue weighted by atomic mass is 9.97. The fourth-order valence-corrected chi connectivity index (χ4v) is 5.94. The molecule has 0 radical (unpaired) electrons. The highest BCUT2D eigenvalue weighted by Crippen LogP contribution is 2.38. The Hall–Kier alpha value is -6.65. The molecule has 0 aliphatic rings. The standard InChI is InChI=1S/C45H29N3O/c1-4-11-30(12-5-1)31-19-21-32(22-20-31)33-23-25-34(26-24-33)37-27-28-38-39-17-10-18-40(42(39)49-41(38)29-37)45-47-43(35-13-6-2-7-14-35)46-44(48-45)36-15-8-3-9-16-36/h1-29H/i2D,3D,6D,7D,8D,9D,13D,14D,15D,16D. The molecule has 2 heterocycles. The minimum absolute atomic E-state index is 0.0686. The Kier molecular flexibility index (Phi) is 4.94. The van der Waals surface area contributed by atoms with Crippen LogP contribution in [0.15, 0.2) is 180 Å². The van der Waals surface area contributed by atoms with Gasteiger partial charge in [-0.15, -0.1) is 0 Å². The Balaban J connectivity index is 1.15. The summed E-state index contributed by atoms with van der Waals surface area (Å²) in [5.41, 5.74) is 6.96. The van der Waals surface area contributed by atoms with Crippen molar-refractivity contribution in [2.24, 2.45) is 0 Å². The third-order valence-corrected chi connectivity index (χ3v) is 8.37. The molecule has 0 fully saturated rings. The fourth-order valence-electron chi connectivity index (χ4n) is 5.94. The molecule has 4 heteroatoms. The molecule has 0 amide bonds. The zero-order valence-corrected chi connectivity index (χ0v) is 25.7. The molecule has 0 N–H and O–H groups in total. The summed E-state index contributed by atoms with van der Waals surface area (Å²) >= 11 is 0. The first-order valence-corrected chi connectivity index (χ1v) is 15.5. The Morgan fingerprint density at radius 2 is 0.878 bits per heavy atom. The van der Waals surface area contributed by atoms with E-state index in [2.05, 4.69) is 75.6 Å². The number of benzene rings is 7. The van der Waals surface area contributed by atoms with Crippen LogP contribution in [0, 0.1) is 0 Å². The Morgan fingerprint density at radius 3 is 1.45 bits per heavy atom. The van der Waals surface area contributed by atoms with Gasteiger partial charge in [-0.05, 0) is 51.6 Å². The van der Waals surface area contributed by atoms with Crippen molar-refractivity contribution in [3.8, 4) is 67.5 Å². The van der Waals surface area contributed by atoms with Gasteiger partial charge in [-0.3, -0.25) is 0 Å². The molecule has 0 aliphatic heterocycles. The van der Waals surface area contributed by atoms with Gasteiger partial charge >= 0.3 is 0 Å². The van der Waals surface area contributed by atoms with E-state index < -0.39 is 60.4 Å². The lowest BCUT2D eigenvalue weighted by Crippen LogP contribution is -2.00. The highest BCUT2D eigenvalue weighted by atomic mass is 16.3. The second-order valence-corrected chi connectivity index (χ2v) is 11.3. The summed E-state index contributed by atoms with van der Waals surface area (Å²) in [5.74, 6) is -0.763. The van der Waals surface area contributed by atoms with Crippen LogP contribution in [0.3, 0.4) is 0 Å². The van der Waals surface area contributed by atoms with Crippen molar-refractivity contribution in [1.82, 2.24) is 15.0 Å². The third kappa shape index (κ3) is 5.45. The monoisotopic (exact) mass is 637 g/mol. The third-order valence-electron chi connectivity index (χ3n) is 8.37. The first-order chi connectivity index (χ1) is 28.4. The molecule has 0 bridgehead atoms. The van der Waals surface area contributed by atoms with Crippen LogP contribution in [0.5, 0.6) is 0 Å². The van der Waals surface area contributed by atoms with E-state index in [1.54, 1.807) is 12.1 Å². The molecule has 49 heavy (non-hydrogen) atoms. The van der Waals surface area contributed by atoms with Gasteiger partial charge in [0.05, 0.1) is 19.3 Å². The van der Waals surface area contributed by atoms with E-state index >= 15 is 0 Å². The van der Waals surface area contributed by atoms with Gasteiger partial charge in [-0.25, -0.2) is 15.0 Å². The van der Waals surface area contributed by atoms with Crippen molar-refractivity contribution in [2.75, 3.05) is 0 Å². The molecular weight excluding hydrogens is 599 g/mol. The lowest BCUT2D eigenvalue weighted by molar-refractivity contribution is 0.669. The summed E-state index contributed by atoms with van der Waals surface area (Å²) in [4.78, 5) is 13.6. The molecule has 9 aromatic rings. The predicted molar refractivity (Wildman–Crippen MR) is 200 cm³/mol. The maximum absolute atomic E-state index is 8.64. The molecule has 0 atom stereocenters. The summed E-state index contributed by atoms with van der Waals surface area (Å²) in [6.45, 7) is 0. The second kappa shape index (κ2) is 12.2. The number of hydrogen-bond acceptors (Lipinski definition) is 4. The Labute approximate surface area is 298 Å². The molecule has 0 spiro atoms. The first kappa shape index (κ1) is 19.9. The van der Waals surface area contributed by atoms with Crippen LogP contribution in [0.25, 0.3) is 89.5 Å². The van der Waals surface area contributed by atoms with Gasteiger partial charge in [0.25, 0.3) is 0 Å². The molecule has 0 unspecified atom stereocenters. The zero-order valence-electron chi connectivity index (χ0n) is 35.7. The van der Waals surface area contributed by atoms with Gasteiger partial charge in [-0.2, -0.15) is 0 Å². The average molecular weight is 638 g/mol. The van der Waals surface area contributed by atoms with Crippen LogP contribution < -0.4 is 0 Å². The first-order valence-electron chi connectivity index (χ1n) is 20.5. The van der Waals surface area contributed by atoms with E-state index in [9.17, 15) is 0 Å². The van der Waals surface area contributed by atoms with E-state index in [4.69, 9.17) is 18.1 Å². The number of nitrogens with zero attached hydrogens (tertiary/aromatic N) is 3. The van der Waals surface area contributed by atoms with Crippen molar-refractivity contribution in [2.45, 2.75) is 0 Å². The lowest BCUT2D eigenvalue weighted by Gasteiger charge is -2.08. The smallest absolute Gasteiger partial charge is 0.167 e. The van der Waals surface area contributed by atoms with E-state index in [-0.39, 0.29) is 28.6 Å². The van der Waals surface area contributed by atoms with Crippen molar-refractivity contribution in [3.05, 3.63) is 176 Å². The van der Waals surface area contributed by atoms with Crippen LogP contribution in [-0.4, -0.2) is 15.0 Å². The summed E-state index contributed by atoms with van der Waals surface area (Å²) in [6.07, 6.45) is 0. The van der Waals surface area contributed by atoms with Gasteiger partial charge in [0.2, 0.25) is 0 Å². The number of rotatable bonds is 6. The maximum Gasteiger partial charge on any atom is 0.167 e. The molecule has 4 nitrogen and oxygen atoms in total. The molecule has 9 rings (SSSR count).